The highest BCUT2D eigenvalue weighted by atomic mass is 19.4. The van der Waals surface area contributed by atoms with Crippen molar-refractivity contribution in [2.75, 3.05) is 7.11 Å². The molecule has 2 rings (SSSR count). The third-order valence-electron chi connectivity index (χ3n) is 3.23. The monoisotopic (exact) mass is 289 g/mol. The quantitative estimate of drug-likeness (QED) is 0.909. The Morgan fingerprint density at radius 1 is 1.15 bits per heavy atom. The molecule has 0 bridgehead atoms. The molecular weight excluding hydrogens is 271 g/mol. The first kappa shape index (κ1) is 15.2. The van der Waals surface area contributed by atoms with Gasteiger partial charge in [-0.1, -0.05) is 20.8 Å². The molecule has 1 aliphatic rings. The van der Waals surface area contributed by atoms with Gasteiger partial charge in [0.2, 0.25) is 0 Å². The molecule has 0 aromatic carbocycles. The van der Waals surface area contributed by atoms with Crippen molar-refractivity contribution in [2.24, 2.45) is 5.41 Å². The van der Waals surface area contributed by atoms with Crippen molar-refractivity contribution in [1.29, 1.82) is 0 Å². The highest BCUT2D eigenvalue weighted by Crippen LogP contribution is 2.38. The molecule has 1 unspecified atom stereocenters. The number of nitrogens with one attached hydrogen (secondary N) is 1. The first-order valence-corrected chi connectivity index (χ1v) is 6.35. The van der Waals surface area contributed by atoms with E-state index in [0.29, 0.717) is 12.2 Å². The second kappa shape index (κ2) is 4.96. The highest BCUT2D eigenvalue weighted by molar-refractivity contribution is 5.31. The fraction of sp³-hybridized carbons (Fsp3) is 0.692. The minimum Gasteiger partial charge on any atom is -0.373 e. The van der Waals surface area contributed by atoms with Gasteiger partial charge in [0.1, 0.15) is 6.10 Å². The zero-order valence-corrected chi connectivity index (χ0v) is 11.9. The van der Waals surface area contributed by atoms with E-state index in [-0.39, 0.29) is 17.9 Å². The van der Waals surface area contributed by atoms with Crippen LogP contribution in [-0.4, -0.2) is 17.1 Å². The molecule has 1 aliphatic heterocycles. The molecule has 0 amide bonds. The summed E-state index contributed by atoms with van der Waals surface area (Å²) in [6.07, 6.45) is -5.07. The van der Waals surface area contributed by atoms with Gasteiger partial charge in [-0.2, -0.15) is 13.2 Å². The fourth-order valence-electron chi connectivity index (χ4n) is 2.39. The van der Waals surface area contributed by atoms with E-state index in [1.807, 2.05) is 20.8 Å². The molecule has 0 saturated carbocycles. The molecule has 0 aliphatic carbocycles. The average molecular weight is 289 g/mol. The first-order chi connectivity index (χ1) is 9.14. The molecule has 4 nitrogen and oxygen atoms in total. The topological polar surface area (TPSA) is 47.0 Å². The molecule has 2 heterocycles. The molecule has 0 spiro atoms. The second-order valence-corrected chi connectivity index (χ2v) is 5.94. The van der Waals surface area contributed by atoms with E-state index < -0.39 is 23.4 Å². The Morgan fingerprint density at radius 2 is 1.80 bits per heavy atom. The van der Waals surface area contributed by atoms with Crippen LogP contribution in [0.4, 0.5) is 13.2 Å². The lowest BCUT2D eigenvalue weighted by atomic mass is 9.88. The molecule has 1 aromatic heterocycles. The summed E-state index contributed by atoms with van der Waals surface area (Å²) in [6.45, 7) is 6.11. The van der Waals surface area contributed by atoms with Crippen LogP contribution < -0.4 is 5.32 Å². The van der Waals surface area contributed by atoms with Crippen molar-refractivity contribution in [3.05, 3.63) is 22.8 Å². The highest BCUT2D eigenvalue weighted by Gasteiger charge is 2.40. The van der Waals surface area contributed by atoms with Gasteiger partial charge in [-0.25, -0.2) is 9.97 Å². The van der Waals surface area contributed by atoms with Gasteiger partial charge in [0, 0.05) is 25.8 Å². The number of halogens is 3. The third-order valence-corrected chi connectivity index (χ3v) is 3.23. The maximum absolute atomic E-state index is 13.1. The van der Waals surface area contributed by atoms with Crippen LogP contribution in [0.3, 0.4) is 0 Å². The van der Waals surface area contributed by atoms with Gasteiger partial charge < -0.3 is 10.1 Å². The summed E-state index contributed by atoms with van der Waals surface area (Å²) in [5.41, 5.74) is -0.690. The largest absolute Gasteiger partial charge is 0.433 e. The van der Waals surface area contributed by atoms with E-state index in [1.165, 1.54) is 7.11 Å². The van der Waals surface area contributed by atoms with E-state index in [2.05, 4.69) is 15.3 Å². The van der Waals surface area contributed by atoms with Gasteiger partial charge in [0.15, 0.2) is 11.5 Å². The molecule has 1 atom stereocenters. The number of hydrogen-bond donors (Lipinski definition) is 1. The maximum Gasteiger partial charge on any atom is 0.433 e. The van der Waals surface area contributed by atoms with Crippen molar-refractivity contribution in [1.82, 2.24) is 15.3 Å². The van der Waals surface area contributed by atoms with Crippen molar-refractivity contribution in [3.63, 3.8) is 0 Å². The lowest BCUT2D eigenvalue weighted by Crippen LogP contribution is -2.25. The standard InChI is InChI=1S/C13H18F3N3O/c1-12(2,3)10(20-4)11-18-8-6-17-5-7(8)9(19-11)13(14,15)16/h10,17H,5-6H2,1-4H3. The van der Waals surface area contributed by atoms with Crippen LogP contribution >= 0.6 is 0 Å². The predicted molar refractivity (Wildman–Crippen MR) is 66.8 cm³/mol. The summed E-state index contributed by atoms with van der Waals surface area (Å²) in [7, 11) is 1.46. The minimum absolute atomic E-state index is 0.0924. The summed E-state index contributed by atoms with van der Waals surface area (Å²) in [5, 5.41) is 2.88. The molecule has 0 saturated heterocycles. The van der Waals surface area contributed by atoms with Gasteiger partial charge >= 0.3 is 6.18 Å². The lowest BCUT2D eigenvalue weighted by Gasteiger charge is -2.28. The van der Waals surface area contributed by atoms with Gasteiger partial charge in [-0.05, 0) is 5.41 Å². The predicted octanol–water partition coefficient (Wildman–Crippen LogP) is 2.83. The summed E-state index contributed by atoms with van der Waals surface area (Å²) in [6, 6.07) is 0. The van der Waals surface area contributed by atoms with Gasteiger partial charge in [0.05, 0.1) is 5.69 Å². The van der Waals surface area contributed by atoms with E-state index in [1.54, 1.807) is 0 Å². The molecule has 0 fully saturated rings. The van der Waals surface area contributed by atoms with E-state index >= 15 is 0 Å². The maximum atomic E-state index is 13.1. The second-order valence-electron chi connectivity index (χ2n) is 5.94. The number of nitrogens with zero attached hydrogens (tertiary/aromatic N) is 2. The Hall–Kier alpha value is -1.21. The summed E-state index contributed by atoms with van der Waals surface area (Å²) < 4.78 is 44.7. The number of rotatable bonds is 2. The number of fused-ring (bicyclic) bond motifs is 1. The molecular formula is C13H18F3N3O. The van der Waals surface area contributed by atoms with Crippen LogP contribution in [0.2, 0.25) is 0 Å². The Balaban J connectivity index is 2.57. The molecule has 0 radical (unpaired) electrons. The smallest absolute Gasteiger partial charge is 0.373 e. The van der Waals surface area contributed by atoms with E-state index in [0.717, 1.165) is 0 Å². The molecule has 20 heavy (non-hydrogen) atoms. The van der Waals surface area contributed by atoms with Crippen molar-refractivity contribution >= 4 is 0 Å². The zero-order valence-electron chi connectivity index (χ0n) is 11.9. The fourth-order valence-corrected chi connectivity index (χ4v) is 2.39. The van der Waals surface area contributed by atoms with Crippen molar-refractivity contribution < 1.29 is 17.9 Å². The first-order valence-electron chi connectivity index (χ1n) is 6.35. The van der Waals surface area contributed by atoms with Crippen LogP contribution in [0.15, 0.2) is 0 Å². The number of aromatic nitrogens is 2. The zero-order chi connectivity index (χ0) is 15.1. The molecule has 1 aromatic rings. The minimum atomic E-state index is -4.48. The Labute approximate surface area is 115 Å². The van der Waals surface area contributed by atoms with Crippen molar-refractivity contribution in [3.8, 4) is 0 Å². The van der Waals surface area contributed by atoms with Crippen LogP contribution in [-0.2, 0) is 24.0 Å². The van der Waals surface area contributed by atoms with Crippen LogP contribution in [0, 0.1) is 5.41 Å². The Kier molecular flexibility index (Phi) is 3.77. The number of alkyl halides is 3. The van der Waals surface area contributed by atoms with Gasteiger partial charge in [-0.15, -0.1) is 0 Å². The van der Waals surface area contributed by atoms with Crippen molar-refractivity contribution in [2.45, 2.75) is 46.1 Å². The summed E-state index contributed by atoms with van der Waals surface area (Å²) in [4.78, 5) is 8.02. The lowest BCUT2D eigenvalue weighted by molar-refractivity contribution is -0.142. The molecule has 7 heteroatoms. The normalized spacial score (nSPS) is 17.1. The molecule has 112 valence electrons. The summed E-state index contributed by atoms with van der Waals surface area (Å²) in [5.74, 6) is 0.0924. The van der Waals surface area contributed by atoms with E-state index in [4.69, 9.17) is 4.74 Å². The average Bonchev–Trinajstić information content (AvgIpc) is 2.73. The number of methoxy groups -OCH3 is 1. The third kappa shape index (κ3) is 2.78. The Bertz CT molecular complexity index is 509. The van der Waals surface area contributed by atoms with Crippen LogP contribution in [0.5, 0.6) is 0 Å². The van der Waals surface area contributed by atoms with E-state index in [9.17, 15) is 13.2 Å². The SMILES string of the molecule is COC(c1nc2c(c(C(F)(F)F)n1)CNC2)C(C)(C)C. The number of ether oxygens (including phenoxy) is 1. The van der Waals surface area contributed by atoms with Crippen LogP contribution in [0.1, 0.15) is 49.7 Å². The van der Waals surface area contributed by atoms with Crippen LogP contribution in [0.25, 0.3) is 0 Å². The molecule has 1 N–H and O–H groups in total. The van der Waals surface area contributed by atoms with Gasteiger partial charge in [-0.3, -0.25) is 0 Å². The van der Waals surface area contributed by atoms with Gasteiger partial charge in [0.25, 0.3) is 0 Å². The number of hydrogen-bond acceptors (Lipinski definition) is 4. The summed E-state index contributed by atoms with van der Waals surface area (Å²) >= 11 is 0. The Morgan fingerprint density at radius 3 is 2.30 bits per heavy atom.